The van der Waals surface area contributed by atoms with E-state index in [-0.39, 0.29) is 18.1 Å². The van der Waals surface area contributed by atoms with Crippen LogP contribution in [0.15, 0.2) is 18.3 Å². The molecule has 0 aromatic carbocycles. The third-order valence-electron chi connectivity index (χ3n) is 1.93. The maximum absolute atomic E-state index is 12.3. The van der Waals surface area contributed by atoms with Crippen molar-refractivity contribution in [2.45, 2.75) is 26.1 Å². The Hall–Kier alpha value is -1.59. The van der Waals surface area contributed by atoms with Crippen molar-refractivity contribution in [1.29, 1.82) is 0 Å². The molecule has 0 radical (unpaired) electrons. The number of hydrogen-bond donors (Lipinski definition) is 1. The number of carbonyl (C=O) groups excluding carboxylic acids is 1. The molecule has 0 bridgehead atoms. The molecule has 0 unspecified atom stereocenters. The van der Waals surface area contributed by atoms with Gasteiger partial charge in [0.05, 0.1) is 17.8 Å². The molecule has 0 fully saturated rings. The Labute approximate surface area is 90.7 Å². The molecular weight excluding hydrogens is 221 g/mol. The minimum atomic E-state index is -4.38. The van der Waals surface area contributed by atoms with Crippen LogP contribution in [0.25, 0.3) is 0 Å². The molecule has 0 saturated heterocycles. The molecule has 16 heavy (non-hydrogen) atoms. The SMILES string of the molecule is CCC(=O)NCc1cc(C(F)(F)F)ccn1. The summed E-state index contributed by atoms with van der Waals surface area (Å²) in [6, 6.07) is 1.82. The lowest BCUT2D eigenvalue weighted by Crippen LogP contribution is -2.22. The molecule has 6 heteroatoms. The van der Waals surface area contributed by atoms with Crippen LogP contribution < -0.4 is 5.32 Å². The van der Waals surface area contributed by atoms with E-state index in [9.17, 15) is 18.0 Å². The van der Waals surface area contributed by atoms with E-state index in [1.165, 1.54) is 0 Å². The molecular formula is C10H11F3N2O. The molecule has 0 spiro atoms. The Morgan fingerprint density at radius 3 is 2.75 bits per heavy atom. The van der Waals surface area contributed by atoms with Crippen LogP contribution in [-0.4, -0.2) is 10.9 Å². The second kappa shape index (κ2) is 4.96. The molecule has 1 amide bonds. The van der Waals surface area contributed by atoms with Gasteiger partial charge in [0.1, 0.15) is 0 Å². The number of alkyl halides is 3. The minimum absolute atomic E-state index is 0.0105. The molecule has 88 valence electrons. The van der Waals surface area contributed by atoms with E-state index in [0.717, 1.165) is 18.3 Å². The maximum atomic E-state index is 12.3. The van der Waals surface area contributed by atoms with Crippen LogP contribution in [0, 0.1) is 0 Å². The summed E-state index contributed by atoms with van der Waals surface area (Å²) in [5.41, 5.74) is -0.570. The molecule has 0 aliphatic rings. The van der Waals surface area contributed by atoms with E-state index in [1.807, 2.05) is 0 Å². The van der Waals surface area contributed by atoms with Crippen LogP contribution >= 0.6 is 0 Å². The molecule has 1 aromatic heterocycles. The van der Waals surface area contributed by atoms with Gasteiger partial charge in [0, 0.05) is 12.6 Å². The van der Waals surface area contributed by atoms with Gasteiger partial charge in [-0.25, -0.2) is 0 Å². The monoisotopic (exact) mass is 232 g/mol. The summed E-state index contributed by atoms with van der Waals surface area (Å²) in [7, 11) is 0. The van der Waals surface area contributed by atoms with Crippen molar-refractivity contribution in [3.63, 3.8) is 0 Å². The number of aromatic nitrogens is 1. The van der Waals surface area contributed by atoms with Gasteiger partial charge in [0.2, 0.25) is 5.91 Å². The summed E-state index contributed by atoms with van der Waals surface area (Å²) in [5, 5.41) is 2.46. The first-order valence-electron chi connectivity index (χ1n) is 4.72. The highest BCUT2D eigenvalue weighted by Crippen LogP contribution is 2.28. The van der Waals surface area contributed by atoms with Gasteiger partial charge >= 0.3 is 6.18 Å². The smallest absolute Gasteiger partial charge is 0.350 e. The van der Waals surface area contributed by atoms with Gasteiger partial charge in [-0.1, -0.05) is 6.92 Å². The molecule has 1 N–H and O–H groups in total. The Balaban J connectivity index is 2.72. The second-order valence-electron chi connectivity index (χ2n) is 3.16. The zero-order valence-electron chi connectivity index (χ0n) is 8.64. The highest BCUT2D eigenvalue weighted by Gasteiger charge is 2.30. The van der Waals surface area contributed by atoms with Crippen molar-refractivity contribution in [2.24, 2.45) is 0 Å². The number of carbonyl (C=O) groups is 1. The highest BCUT2D eigenvalue weighted by molar-refractivity contribution is 5.75. The van der Waals surface area contributed by atoms with Crippen molar-refractivity contribution in [2.75, 3.05) is 0 Å². The second-order valence-corrected chi connectivity index (χ2v) is 3.16. The molecule has 1 rings (SSSR count). The normalized spacial score (nSPS) is 11.2. The van der Waals surface area contributed by atoms with Crippen LogP contribution in [0.1, 0.15) is 24.6 Å². The molecule has 0 saturated carbocycles. The van der Waals surface area contributed by atoms with Gasteiger partial charge in [0.15, 0.2) is 0 Å². The average Bonchev–Trinajstić information content (AvgIpc) is 2.25. The maximum Gasteiger partial charge on any atom is 0.416 e. The topological polar surface area (TPSA) is 42.0 Å². The Kier molecular flexibility index (Phi) is 3.87. The number of nitrogens with one attached hydrogen (secondary N) is 1. The summed E-state index contributed by atoms with van der Waals surface area (Å²) >= 11 is 0. The standard InChI is InChI=1S/C10H11F3N2O/c1-2-9(16)15-6-8-5-7(3-4-14-8)10(11,12)13/h3-5H,2,6H2,1H3,(H,15,16). The van der Waals surface area contributed by atoms with Gasteiger partial charge in [-0.05, 0) is 12.1 Å². The fraction of sp³-hybridized carbons (Fsp3) is 0.400. The van der Waals surface area contributed by atoms with E-state index < -0.39 is 11.7 Å². The van der Waals surface area contributed by atoms with Crippen LogP contribution in [0.3, 0.4) is 0 Å². The van der Waals surface area contributed by atoms with Crippen LogP contribution in [0.2, 0.25) is 0 Å². The predicted molar refractivity (Wildman–Crippen MR) is 51.4 cm³/mol. The number of amides is 1. The van der Waals surface area contributed by atoms with Crippen molar-refractivity contribution < 1.29 is 18.0 Å². The summed E-state index contributed by atoms with van der Waals surface area (Å²) in [6.45, 7) is 1.67. The first-order chi connectivity index (χ1) is 7.43. The lowest BCUT2D eigenvalue weighted by molar-refractivity contribution is -0.137. The predicted octanol–water partition coefficient (Wildman–Crippen LogP) is 2.13. The third-order valence-corrected chi connectivity index (χ3v) is 1.93. The van der Waals surface area contributed by atoms with Gasteiger partial charge in [-0.15, -0.1) is 0 Å². The number of nitrogens with zero attached hydrogens (tertiary/aromatic N) is 1. The zero-order valence-corrected chi connectivity index (χ0v) is 8.64. The fourth-order valence-corrected chi connectivity index (χ4v) is 1.07. The molecule has 0 atom stereocenters. The van der Waals surface area contributed by atoms with E-state index in [1.54, 1.807) is 6.92 Å². The van der Waals surface area contributed by atoms with Crippen LogP contribution in [0.5, 0.6) is 0 Å². The van der Waals surface area contributed by atoms with Crippen molar-refractivity contribution in [3.8, 4) is 0 Å². The summed E-state index contributed by atoms with van der Waals surface area (Å²) < 4.78 is 37.0. The largest absolute Gasteiger partial charge is 0.416 e. The number of pyridine rings is 1. The fourth-order valence-electron chi connectivity index (χ4n) is 1.07. The Morgan fingerprint density at radius 1 is 1.50 bits per heavy atom. The summed E-state index contributed by atoms with van der Waals surface area (Å²) in [6.07, 6.45) is -3.01. The van der Waals surface area contributed by atoms with Crippen molar-refractivity contribution >= 4 is 5.91 Å². The third kappa shape index (κ3) is 3.52. The van der Waals surface area contributed by atoms with Gasteiger partial charge < -0.3 is 5.32 Å². The lowest BCUT2D eigenvalue weighted by atomic mass is 10.2. The van der Waals surface area contributed by atoms with Gasteiger partial charge in [-0.3, -0.25) is 9.78 Å². The van der Waals surface area contributed by atoms with Crippen molar-refractivity contribution in [1.82, 2.24) is 10.3 Å². The molecule has 0 aliphatic heterocycles. The van der Waals surface area contributed by atoms with E-state index in [2.05, 4.69) is 10.3 Å². The number of hydrogen-bond acceptors (Lipinski definition) is 2. The first kappa shape index (κ1) is 12.5. The van der Waals surface area contributed by atoms with E-state index >= 15 is 0 Å². The quantitative estimate of drug-likeness (QED) is 0.867. The van der Waals surface area contributed by atoms with Crippen molar-refractivity contribution in [3.05, 3.63) is 29.6 Å². The first-order valence-corrected chi connectivity index (χ1v) is 4.72. The molecule has 1 heterocycles. The van der Waals surface area contributed by atoms with E-state index in [4.69, 9.17) is 0 Å². The summed E-state index contributed by atoms with van der Waals surface area (Å²) in [4.78, 5) is 14.7. The molecule has 3 nitrogen and oxygen atoms in total. The molecule has 0 aliphatic carbocycles. The highest BCUT2D eigenvalue weighted by atomic mass is 19.4. The van der Waals surface area contributed by atoms with E-state index in [0.29, 0.717) is 6.42 Å². The molecule has 1 aromatic rings. The minimum Gasteiger partial charge on any atom is -0.350 e. The van der Waals surface area contributed by atoms with Gasteiger partial charge in [0.25, 0.3) is 0 Å². The lowest BCUT2D eigenvalue weighted by Gasteiger charge is -2.08. The summed E-state index contributed by atoms with van der Waals surface area (Å²) in [5.74, 6) is -0.223. The Morgan fingerprint density at radius 2 is 2.19 bits per heavy atom. The average molecular weight is 232 g/mol. The zero-order chi connectivity index (χ0) is 12.2. The number of halogens is 3. The number of rotatable bonds is 3. The van der Waals surface area contributed by atoms with Gasteiger partial charge in [-0.2, -0.15) is 13.2 Å². The van der Waals surface area contributed by atoms with Crippen LogP contribution in [-0.2, 0) is 17.5 Å². The van der Waals surface area contributed by atoms with Crippen LogP contribution in [0.4, 0.5) is 13.2 Å². The Bertz CT molecular complexity index is 377.